The van der Waals surface area contributed by atoms with Crippen LogP contribution in [0.25, 0.3) is 21.7 Å². The van der Waals surface area contributed by atoms with Crippen molar-refractivity contribution >= 4 is 46.3 Å². The number of nitrogens with zero attached hydrogens (tertiary/aromatic N) is 6. The van der Waals surface area contributed by atoms with Gasteiger partial charge in [-0.05, 0) is 118 Å². The SMILES string of the molecule is Cc1ncsc1-c1ccc([C@H](C)NC(=O)C2CCCN2C(=O)C(c2cc(OCCCCCNc3ccc(C(=O)N[C@@H](C)Cn4ccc(-c5ccc(C#N)c(Cl)c5)n4)cc3)no2)C(C)C)cc1. The van der Waals surface area contributed by atoms with Gasteiger partial charge in [-0.15, -0.1) is 11.3 Å². The van der Waals surface area contributed by atoms with E-state index in [2.05, 4.69) is 49.4 Å². The van der Waals surface area contributed by atoms with Gasteiger partial charge in [0.1, 0.15) is 18.0 Å². The molecule has 3 amide bonds. The van der Waals surface area contributed by atoms with E-state index in [0.717, 1.165) is 70.9 Å². The van der Waals surface area contributed by atoms with Gasteiger partial charge in [-0.25, -0.2) is 4.98 Å². The summed E-state index contributed by atoms with van der Waals surface area (Å²) >= 11 is 7.80. The van der Waals surface area contributed by atoms with Gasteiger partial charge in [0.15, 0.2) is 5.76 Å². The third-order valence-electron chi connectivity index (χ3n) is 11.8. The second-order valence-corrected chi connectivity index (χ2v) is 18.4. The molecule has 1 fully saturated rings. The zero-order chi connectivity index (χ0) is 46.7. The lowest BCUT2D eigenvalue weighted by Gasteiger charge is -2.29. The van der Waals surface area contributed by atoms with E-state index in [0.29, 0.717) is 53.9 Å². The van der Waals surface area contributed by atoms with Gasteiger partial charge in [0.2, 0.25) is 11.8 Å². The molecule has 6 aromatic rings. The number of aromatic nitrogens is 4. The monoisotopic (exact) mass is 929 g/mol. The summed E-state index contributed by atoms with van der Waals surface area (Å²) in [5.41, 5.74) is 8.36. The van der Waals surface area contributed by atoms with Crippen molar-refractivity contribution in [2.45, 2.75) is 97.3 Å². The number of hydrogen-bond donors (Lipinski definition) is 3. The number of thiazole rings is 1. The summed E-state index contributed by atoms with van der Waals surface area (Å²) in [6.45, 7) is 12.0. The Hall–Kier alpha value is -6.50. The van der Waals surface area contributed by atoms with Gasteiger partial charge in [0.25, 0.3) is 11.8 Å². The summed E-state index contributed by atoms with van der Waals surface area (Å²) in [4.78, 5) is 47.9. The molecule has 3 aromatic carbocycles. The Morgan fingerprint density at radius 1 is 0.970 bits per heavy atom. The maximum atomic E-state index is 14.1. The van der Waals surface area contributed by atoms with E-state index < -0.39 is 12.0 Å². The molecule has 0 aliphatic carbocycles. The van der Waals surface area contributed by atoms with Gasteiger partial charge in [0.05, 0.1) is 51.6 Å². The standard InChI is InChI=1S/C50H56ClN9O5S/c1-31(2)46(50(63)60-23-9-10-43(60)49(62)56-33(4)35-11-13-36(14-12-35)47-34(5)54-30-66-47)44-27-45(58-65-44)64-25-8-6-7-22-53-40-19-17-37(18-20-40)48(61)55-32(3)29-59-24-21-42(57-59)38-15-16-39(28-52)41(51)26-38/h11-21,24,26-27,30-33,43,46,53H,6-10,22-23,25,29H2,1-5H3,(H,55,61)(H,56,62)/t32-,33-,43?,46?/m0/s1. The molecule has 3 aromatic heterocycles. The van der Waals surface area contributed by atoms with Crippen LogP contribution in [0.1, 0.15) is 105 Å². The smallest absolute Gasteiger partial charge is 0.254 e. The number of carbonyl (C=O) groups is 3. The van der Waals surface area contributed by atoms with Gasteiger partial charge in [-0.3, -0.25) is 19.1 Å². The predicted octanol–water partition coefficient (Wildman–Crippen LogP) is 9.58. The molecule has 0 spiro atoms. The number of amides is 3. The van der Waals surface area contributed by atoms with Crippen molar-refractivity contribution in [3.63, 3.8) is 0 Å². The first-order valence-corrected chi connectivity index (χ1v) is 23.7. The highest BCUT2D eigenvalue weighted by atomic mass is 35.5. The highest BCUT2D eigenvalue weighted by Gasteiger charge is 2.40. The Kier molecular flexibility index (Phi) is 15.9. The van der Waals surface area contributed by atoms with E-state index in [-0.39, 0.29) is 35.7 Å². The summed E-state index contributed by atoms with van der Waals surface area (Å²) in [7, 11) is 0. The Bertz CT molecular complexity index is 2630. The van der Waals surface area contributed by atoms with E-state index in [1.807, 2.05) is 82.7 Å². The van der Waals surface area contributed by atoms with Crippen molar-refractivity contribution < 1.29 is 23.6 Å². The first-order chi connectivity index (χ1) is 31.9. The van der Waals surface area contributed by atoms with Crippen LogP contribution >= 0.6 is 22.9 Å². The number of aryl methyl sites for hydroxylation is 1. The Morgan fingerprint density at radius 3 is 2.45 bits per heavy atom. The molecule has 4 atom stereocenters. The molecular formula is C50H56ClN9O5S. The van der Waals surface area contributed by atoms with Crippen molar-refractivity contribution in [2.24, 2.45) is 5.92 Å². The van der Waals surface area contributed by atoms with Gasteiger partial charge >= 0.3 is 0 Å². The number of benzene rings is 3. The first-order valence-electron chi connectivity index (χ1n) is 22.5. The molecule has 0 radical (unpaired) electrons. The van der Waals surface area contributed by atoms with Crippen LogP contribution in [0.3, 0.4) is 0 Å². The van der Waals surface area contributed by atoms with Crippen LogP contribution in [0.4, 0.5) is 5.69 Å². The molecule has 1 aliphatic heterocycles. The lowest BCUT2D eigenvalue weighted by molar-refractivity contribution is -0.141. The average molecular weight is 931 g/mol. The van der Waals surface area contributed by atoms with Crippen molar-refractivity contribution in [3.05, 3.63) is 124 Å². The van der Waals surface area contributed by atoms with Crippen molar-refractivity contribution in [1.82, 2.24) is 35.5 Å². The minimum absolute atomic E-state index is 0.0936. The number of hydrogen-bond acceptors (Lipinski definition) is 11. The average Bonchev–Trinajstić information content (AvgIpc) is 4.15. The van der Waals surface area contributed by atoms with E-state index in [1.165, 1.54) is 0 Å². The highest BCUT2D eigenvalue weighted by Crippen LogP contribution is 2.33. The minimum atomic E-state index is -0.605. The van der Waals surface area contributed by atoms with Gasteiger partial charge in [0, 0.05) is 48.2 Å². The summed E-state index contributed by atoms with van der Waals surface area (Å²) in [5.74, 6) is -0.409. The van der Waals surface area contributed by atoms with Crippen LogP contribution in [0.5, 0.6) is 5.88 Å². The Balaban J connectivity index is 0.800. The molecule has 16 heteroatoms. The van der Waals surface area contributed by atoms with Crippen LogP contribution in [-0.4, -0.2) is 74.3 Å². The number of halogens is 1. The summed E-state index contributed by atoms with van der Waals surface area (Å²) in [6.07, 6.45) is 5.82. The largest absolute Gasteiger partial charge is 0.476 e. The molecular weight excluding hydrogens is 874 g/mol. The summed E-state index contributed by atoms with van der Waals surface area (Å²) in [6, 6.07) is 25.4. The van der Waals surface area contributed by atoms with E-state index >= 15 is 0 Å². The number of likely N-dealkylation sites (tertiary alicyclic amines) is 1. The highest BCUT2D eigenvalue weighted by molar-refractivity contribution is 7.13. The van der Waals surface area contributed by atoms with E-state index in [9.17, 15) is 14.4 Å². The molecule has 2 unspecified atom stereocenters. The Labute approximate surface area is 394 Å². The first kappa shape index (κ1) is 47.5. The maximum absolute atomic E-state index is 14.1. The lowest BCUT2D eigenvalue weighted by atomic mass is 9.91. The second kappa shape index (κ2) is 22.1. The van der Waals surface area contributed by atoms with Crippen molar-refractivity contribution in [2.75, 3.05) is 25.0 Å². The number of unbranched alkanes of at least 4 members (excludes halogenated alkanes) is 2. The van der Waals surface area contributed by atoms with Crippen LogP contribution in [0.15, 0.2) is 95.1 Å². The van der Waals surface area contributed by atoms with Crippen LogP contribution in [0.2, 0.25) is 5.02 Å². The number of carbonyl (C=O) groups excluding carboxylic acids is 3. The van der Waals surface area contributed by atoms with Crippen LogP contribution < -0.4 is 20.7 Å². The molecule has 344 valence electrons. The van der Waals surface area contributed by atoms with Crippen molar-refractivity contribution in [1.29, 1.82) is 5.26 Å². The lowest BCUT2D eigenvalue weighted by Crippen LogP contribution is -2.48. The van der Waals surface area contributed by atoms with Gasteiger partial charge in [-0.1, -0.05) is 55.8 Å². The fourth-order valence-electron chi connectivity index (χ4n) is 8.17. The Morgan fingerprint density at radius 2 is 1.74 bits per heavy atom. The number of nitriles is 1. The molecule has 3 N–H and O–H groups in total. The maximum Gasteiger partial charge on any atom is 0.254 e. The molecule has 1 aliphatic rings. The normalized spacial score (nSPS) is 14.9. The number of ether oxygens (including phenoxy) is 1. The summed E-state index contributed by atoms with van der Waals surface area (Å²) < 4.78 is 13.4. The minimum Gasteiger partial charge on any atom is -0.476 e. The van der Waals surface area contributed by atoms with E-state index in [1.54, 1.807) is 51.3 Å². The third-order valence-corrected chi connectivity index (χ3v) is 13.1. The van der Waals surface area contributed by atoms with Gasteiger partial charge in [-0.2, -0.15) is 10.4 Å². The van der Waals surface area contributed by atoms with E-state index in [4.69, 9.17) is 26.1 Å². The quantitative estimate of drug-likeness (QED) is 0.0624. The predicted molar refractivity (Wildman–Crippen MR) is 256 cm³/mol. The third kappa shape index (κ3) is 11.8. The molecule has 66 heavy (non-hydrogen) atoms. The number of rotatable bonds is 20. The molecule has 1 saturated heterocycles. The molecule has 7 rings (SSSR count). The molecule has 0 saturated carbocycles. The topological polar surface area (TPSA) is 180 Å². The zero-order valence-corrected chi connectivity index (χ0v) is 39.5. The molecule has 0 bridgehead atoms. The molecule has 14 nitrogen and oxygen atoms in total. The second-order valence-electron chi connectivity index (χ2n) is 17.1. The van der Waals surface area contributed by atoms with Crippen LogP contribution in [-0.2, 0) is 16.1 Å². The summed E-state index contributed by atoms with van der Waals surface area (Å²) in [5, 5.41) is 27.8. The molecule has 4 heterocycles. The fourth-order valence-corrected chi connectivity index (χ4v) is 9.20. The number of anilines is 1. The number of nitrogens with one attached hydrogen (secondary N) is 3. The van der Waals surface area contributed by atoms with Crippen molar-refractivity contribution in [3.8, 4) is 33.6 Å². The fraction of sp³-hybridized carbons (Fsp3) is 0.380. The zero-order valence-electron chi connectivity index (χ0n) is 37.9. The van der Waals surface area contributed by atoms with Gasteiger partial charge < -0.3 is 30.1 Å². The van der Waals surface area contributed by atoms with Crippen LogP contribution in [0, 0.1) is 24.2 Å².